The lowest BCUT2D eigenvalue weighted by atomic mass is 10.1. The first-order chi connectivity index (χ1) is 8.90. The Balaban J connectivity index is 2.40. The zero-order valence-electron chi connectivity index (χ0n) is 10.1. The number of aryl methyl sites for hydroxylation is 1. The minimum Gasteiger partial charge on any atom is -0.672 e. The van der Waals surface area contributed by atoms with Gasteiger partial charge in [-0.3, -0.25) is 0 Å². The molecule has 2 aromatic rings. The summed E-state index contributed by atoms with van der Waals surface area (Å²) in [5.74, 6) is 0.500. The molecule has 0 saturated heterocycles. The van der Waals surface area contributed by atoms with E-state index in [-0.39, 0.29) is 6.54 Å². The van der Waals surface area contributed by atoms with Crippen LogP contribution >= 0.6 is 0 Å². The molecule has 0 unspecified atom stereocenters. The molecule has 2 rings (SSSR count). The van der Waals surface area contributed by atoms with Crippen molar-refractivity contribution in [3.63, 3.8) is 0 Å². The average Bonchev–Trinajstić information content (AvgIpc) is 2.37. The predicted octanol–water partition coefficient (Wildman–Crippen LogP) is 4.02. The Kier molecular flexibility index (Phi) is 3.53. The fourth-order valence-corrected chi connectivity index (χ4v) is 1.70. The second kappa shape index (κ2) is 4.97. The molecule has 1 aromatic carbocycles. The van der Waals surface area contributed by atoms with Crippen LogP contribution in [0.5, 0.6) is 0 Å². The van der Waals surface area contributed by atoms with E-state index in [1.54, 1.807) is 13.0 Å². The summed E-state index contributed by atoms with van der Waals surface area (Å²) in [4.78, 5) is 8.22. The lowest BCUT2D eigenvalue weighted by Crippen LogP contribution is -2.04. The summed E-state index contributed by atoms with van der Waals surface area (Å²) in [6.07, 6.45) is -4.34. The third-order valence-electron chi connectivity index (χ3n) is 2.58. The number of aromatic nitrogens is 2. The van der Waals surface area contributed by atoms with Crippen molar-refractivity contribution in [2.24, 2.45) is 0 Å². The highest BCUT2D eigenvalue weighted by Crippen LogP contribution is 2.30. The second-order valence-corrected chi connectivity index (χ2v) is 4.04. The minimum atomic E-state index is -4.34. The molecule has 1 heterocycles. The van der Waals surface area contributed by atoms with Crippen LogP contribution in [0.1, 0.15) is 17.1 Å². The third kappa shape index (κ3) is 3.08. The minimum absolute atomic E-state index is 0.0109. The summed E-state index contributed by atoms with van der Waals surface area (Å²) in [7, 11) is 0. The maximum Gasteiger partial charge on any atom is 0.416 e. The van der Waals surface area contributed by atoms with Crippen molar-refractivity contribution in [1.82, 2.24) is 9.97 Å². The van der Waals surface area contributed by atoms with Gasteiger partial charge < -0.3 is 5.73 Å². The lowest BCUT2D eigenvalue weighted by molar-refractivity contribution is -0.137. The summed E-state index contributed by atoms with van der Waals surface area (Å²) in [6.45, 7) is 1.70. The molecule has 0 amide bonds. The highest BCUT2D eigenvalue weighted by atomic mass is 19.4. The fraction of sp³-hybridized carbons (Fsp3) is 0.231. The van der Waals surface area contributed by atoms with Gasteiger partial charge in [0.15, 0.2) is 0 Å². The Morgan fingerprint density at radius 3 is 2.26 bits per heavy atom. The quantitative estimate of drug-likeness (QED) is 0.824. The van der Waals surface area contributed by atoms with Crippen molar-refractivity contribution in [2.75, 3.05) is 0 Å². The number of halogens is 3. The van der Waals surface area contributed by atoms with Crippen LogP contribution in [-0.2, 0) is 12.7 Å². The van der Waals surface area contributed by atoms with Crippen molar-refractivity contribution in [3.05, 3.63) is 53.1 Å². The Bertz CT molecular complexity index is 577. The first-order valence-electron chi connectivity index (χ1n) is 5.57. The van der Waals surface area contributed by atoms with E-state index in [1.165, 1.54) is 12.1 Å². The summed E-state index contributed by atoms with van der Waals surface area (Å²) >= 11 is 0. The highest BCUT2D eigenvalue weighted by Gasteiger charge is 2.29. The molecule has 0 aliphatic heterocycles. The zero-order valence-corrected chi connectivity index (χ0v) is 10.1. The molecule has 1 N–H and O–H groups in total. The van der Waals surface area contributed by atoms with Crippen molar-refractivity contribution in [3.8, 4) is 11.3 Å². The third-order valence-corrected chi connectivity index (χ3v) is 2.58. The van der Waals surface area contributed by atoms with Gasteiger partial charge in [0.25, 0.3) is 0 Å². The van der Waals surface area contributed by atoms with Crippen LogP contribution in [0.25, 0.3) is 17.0 Å². The molecule has 0 aliphatic carbocycles. The average molecular weight is 266 g/mol. The van der Waals surface area contributed by atoms with Gasteiger partial charge in [-0.1, -0.05) is 12.1 Å². The van der Waals surface area contributed by atoms with Crippen LogP contribution < -0.4 is 0 Å². The van der Waals surface area contributed by atoms with E-state index < -0.39 is 11.7 Å². The van der Waals surface area contributed by atoms with E-state index in [4.69, 9.17) is 5.73 Å². The SMILES string of the molecule is Cc1nc(C[NH-])cc(-c2ccc(C(F)(F)F)cc2)n1. The van der Waals surface area contributed by atoms with E-state index in [0.29, 0.717) is 22.8 Å². The molecule has 3 nitrogen and oxygen atoms in total. The Hall–Kier alpha value is -1.95. The van der Waals surface area contributed by atoms with Crippen LogP contribution in [0.15, 0.2) is 30.3 Å². The van der Waals surface area contributed by atoms with Gasteiger partial charge in [-0.25, -0.2) is 9.97 Å². The molecular weight excluding hydrogens is 255 g/mol. The van der Waals surface area contributed by atoms with Crippen molar-refractivity contribution in [1.29, 1.82) is 0 Å². The van der Waals surface area contributed by atoms with Crippen LogP contribution in [-0.4, -0.2) is 9.97 Å². The fourth-order valence-electron chi connectivity index (χ4n) is 1.70. The Morgan fingerprint density at radius 1 is 1.11 bits per heavy atom. The first-order valence-corrected chi connectivity index (χ1v) is 5.57. The molecule has 0 atom stereocenters. The number of nitrogens with one attached hydrogen (secondary N) is 1. The van der Waals surface area contributed by atoms with Crippen LogP contribution in [0.4, 0.5) is 13.2 Å². The van der Waals surface area contributed by atoms with E-state index in [2.05, 4.69) is 9.97 Å². The molecule has 0 spiro atoms. The number of nitrogens with zero attached hydrogens (tertiary/aromatic N) is 2. The summed E-state index contributed by atoms with van der Waals surface area (Å²) in [5, 5.41) is 0. The molecule has 6 heteroatoms. The normalized spacial score (nSPS) is 11.6. The highest BCUT2D eigenvalue weighted by molar-refractivity contribution is 5.60. The van der Waals surface area contributed by atoms with E-state index in [1.807, 2.05) is 0 Å². The molecule has 0 radical (unpaired) electrons. The smallest absolute Gasteiger partial charge is 0.416 e. The van der Waals surface area contributed by atoms with Gasteiger partial charge in [0.2, 0.25) is 0 Å². The first kappa shape index (κ1) is 13.5. The maximum absolute atomic E-state index is 12.5. The van der Waals surface area contributed by atoms with E-state index >= 15 is 0 Å². The predicted molar refractivity (Wildman–Crippen MR) is 65.2 cm³/mol. The van der Waals surface area contributed by atoms with Gasteiger partial charge in [-0.2, -0.15) is 13.2 Å². The van der Waals surface area contributed by atoms with Gasteiger partial charge in [0, 0.05) is 11.3 Å². The number of rotatable bonds is 2. The monoisotopic (exact) mass is 266 g/mol. The summed E-state index contributed by atoms with van der Waals surface area (Å²) < 4.78 is 37.4. The van der Waals surface area contributed by atoms with E-state index in [9.17, 15) is 13.2 Å². The van der Waals surface area contributed by atoms with E-state index in [0.717, 1.165) is 12.1 Å². The van der Waals surface area contributed by atoms with Crippen molar-refractivity contribution in [2.45, 2.75) is 19.6 Å². The van der Waals surface area contributed by atoms with Gasteiger partial charge in [0.1, 0.15) is 5.82 Å². The lowest BCUT2D eigenvalue weighted by Gasteiger charge is -2.09. The Morgan fingerprint density at radius 2 is 1.74 bits per heavy atom. The summed E-state index contributed by atoms with van der Waals surface area (Å²) in [5.41, 5.74) is 8.24. The second-order valence-electron chi connectivity index (χ2n) is 4.04. The molecule has 19 heavy (non-hydrogen) atoms. The summed E-state index contributed by atoms with van der Waals surface area (Å²) in [6, 6.07) is 6.40. The standard InChI is InChI=1S/C13H11F3N3/c1-8-18-11(7-17)6-12(19-8)9-2-4-10(5-3-9)13(14,15)16/h2-6,17H,7H2,1H3/q-1. The topological polar surface area (TPSA) is 49.6 Å². The Labute approximate surface area is 108 Å². The molecule has 0 aliphatic rings. The molecule has 1 aromatic heterocycles. The molecule has 0 fully saturated rings. The molecule has 0 bridgehead atoms. The van der Waals surface area contributed by atoms with Crippen molar-refractivity contribution < 1.29 is 13.2 Å². The van der Waals surface area contributed by atoms with Gasteiger partial charge >= 0.3 is 6.18 Å². The molecule has 100 valence electrons. The van der Waals surface area contributed by atoms with Crippen LogP contribution in [0, 0.1) is 6.92 Å². The van der Waals surface area contributed by atoms with Gasteiger partial charge in [-0.15, -0.1) is 6.54 Å². The number of hydrogen-bond acceptors (Lipinski definition) is 2. The number of hydrogen-bond donors (Lipinski definition) is 0. The van der Waals surface area contributed by atoms with Crippen LogP contribution in [0.3, 0.4) is 0 Å². The van der Waals surface area contributed by atoms with Crippen molar-refractivity contribution >= 4 is 0 Å². The number of benzene rings is 1. The molecule has 0 saturated carbocycles. The largest absolute Gasteiger partial charge is 0.672 e. The molecular formula is C13H11F3N3-. The number of alkyl halides is 3. The van der Waals surface area contributed by atoms with Crippen LogP contribution in [0.2, 0.25) is 0 Å². The van der Waals surface area contributed by atoms with Gasteiger partial charge in [-0.05, 0) is 25.1 Å². The maximum atomic E-state index is 12.5. The van der Waals surface area contributed by atoms with Gasteiger partial charge in [0.05, 0.1) is 11.3 Å². The zero-order chi connectivity index (χ0) is 14.0.